The average molecular weight is 209 g/mol. The molecule has 0 aliphatic rings. The molecule has 0 atom stereocenters. The molecule has 0 fully saturated rings. The molecule has 78 valence electrons. The molecule has 0 N–H and O–H groups in total. The lowest BCUT2D eigenvalue weighted by Gasteiger charge is -2.04. The first-order valence-electron chi connectivity index (χ1n) is 5.11. The van der Waals surface area contributed by atoms with Crippen LogP contribution < -0.4 is 0 Å². The van der Waals surface area contributed by atoms with Crippen LogP contribution >= 0.6 is 0 Å². The molecule has 16 heavy (non-hydrogen) atoms. The SMILES string of the molecule is C#CCCn1c(CC#N)nc2ccccc21. The molecule has 0 unspecified atom stereocenters. The summed E-state index contributed by atoms with van der Waals surface area (Å²) in [6.45, 7) is 0.716. The number of aryl methyl sites for hydroxylation is 1. The number of nitrogens with zero attached hydrogens (tertiary/aromatic N) is 3. The third-order valence-corrected chi connectivity index (χ3v) is 2.45. The average Bonchev–Trinajstić information content (AvgIpc) is 2.65. The van der Waals surface area contributed by atoms with Crippen LogP contribution in [-0.2, 0) is 13.0 Å². The Balaban J connectivity index is 2.52. The minimum Gasteiger partial charge on any atom is -0.326 e. The van der Waals surface area contributed by atoms with Gasteiger partial charge in [-0.2, -0.15) is 5.26 Å². The summed E-state index contributed by atoms with van der Waals surface area (Å²) in [6.07, 6.45) is 6.23. The number of nitriles is 1. The molecule has 1 heterocycles. The molecule has 1 aromatic heterocycles. The van der Waals surface area contributed by atoms with Gasteiger partial charge in [-0.05, 0) is 12.1 Å². The van der Waals surface area contributed by atoms with Crippen molar-refractivity contribution in [2.24, 2.45) is 0 Å². The van der Waals surface area contributed by atoms with E-state index in [0.717, 1.165) is 16.9 Å². The van der Waals surface area contributed by atoms with Crippen LogP contribution in [0.2, 0.25) is 0 Å². The van der Waals surface area contributed by atoms with Crippen molar-refractivity contribution in [2.45, 2.75) is 19.4 Å². The van der Waals surface area contributed by atoms with Gasteiger partial charge in [-0.1, -0.05) is 12.1 Å². The van der Waals surface area contributed by atoms with E-state index in [-0.39, 0.29) is 0 Å². The lowest BCUT2D eigenvalue weighted by atomic mass is 10.3. The zero-order chi connectivity index (χ0) is 11.4. The largest absolute Gasteiger partial charge is 0.326 e. The number of rotatable bonds is 3. The molecule has 0 bridgehead atoms. The third kappa shape index (κ3) is 1.76. The Bertz CT molecular complexity index is 581. The van der Waals surface area contributed by atoms with Crippen molar-refractivity contribution in [1.82, 2.24) is 9.55 Å². The van der Waals surface area contributed by atoms with Gasteiger partial charge >= 0.3 is 0 Å². The summed E-state index contributed by atoms with van der Waals surface area (Å²) in [5.41, 5.74) is 1.97. The van der Waals surface area contributed by atoms with E-state index < -0.39 is 0 Å². The van der Waals surface area contributed by atoms with Crippen LogP contribution in [0.5, 0.6) is 0 Å². The second-order valence-corrected chi connectivity index (χ2v) is 3.46. The predicted octanol–water partition coefficient (Wildman–Crippen LogP) is 2.13. The van der Waals surface area contributed by atoms with Crippen molar-refractivity contribution < 1.29 is 0 Å². The van der Waals surface area contributed by atoms with E-state index in [0.29, 0.717) is 19.4 Å². The van der Waals surface area contributed by atoms with E-state index in [1.807, 2.05) is 28.8 Å². The smallest absolute Gasteiger partial charge is 0.124 e. The van der Waals surface area contributed by atoms with Gasteiger partial charge in [0.2, 0.25) is 0 Å². The number of para-hydroxylation sites is 2. The predicted molar refractivity (Wildman–Crippen MR) is 62.5 cm³/mol. The maximum absolute atomic E-state index is 8.75. The lowest BCUT2D eigenvalue weighted by Crippen LogP contribution is -2.02. The van der Waals surface area contributed by atoms with Gasteiger partial charge in [-0.25, -0.2) is 4.98 Å². The second-order valence-electron chi connectivity index (χ2n) is 3.46. The topological polar surface area (TPSA) is 41.6 Å². The number of imidazole rings is 1. The standard InChI is InChI=1S/C13H11N3/c1-2-3-10-16-12-7-5-4-6-11(12)15-13(16)8-9-14/h1,4-7H,3,8,10H2. The summed E-state index contributed by atoms with van der Waals surface area (Å²) in [6, 6.07) is 9.98. The molecule has 0 amide bonds. The summed E-state index contributed by atoms with van der Waals surface area (Å²) < 4.78 is 2.03. The molecule has 0 aliphatic carbocycles. The highest BCUT2D eigenvalue weighted by molar-refractivity contribution is 5.75. The van der Waals surface area contributed by atoms with Crippen molar-refractivity contribution in [3.05, 3.63) is 30.1 Å². The quantitative estimate of drug-likeness (QED) is 0.726. The van der Waals surface area contributed by atoms with Crippen molar-refractivity contribution in [3.8, 4) is 18.4 Å². The van der Waals surface area contributed by atoms with Crippen LogP contribution in [0.15, 0.2) is 24.3 Å². The van der Waals surface area contributed by atoms with Gasteiger partial charge in [-0.15, -0.1) is 12.3 Å². The Morgan fingerprint density at radius 3 is 2.94 bits per heavy atom. The van der Waals surface area contributed by atoms with Crippen LogP contribution in [0.1, 0.15) is 12.2 Å². The van der Waals surface area contributed by atoms with Gasteiger partial charge in [0.25, 0.3) is 0 Å². The van der Waals surface area contributed by atoms with Gasteiger partial charge < -0.3 is 4.57 Å². The fourth-order valence-corrected chi connectivity index (χ4v) is 1.76. The summed E-state index contributed by atoms with van der Waals surface area (Å²) in [5.74, 6) is 3.40. The molecule has 0 saturated carbocycles. The minimum absolute atomic E-state index is 0.319. The zero-order valence-corrected chi connectivity index (χ0v) is 8.85. The third-order valence-electron chi connectivity index (χ3n) is 2.45. The van der Waals surface area contributed by atoms with Crippen molar-refractivity contribution in [1.29, 1.82) is 5.26 Å². The van der Waals surface area contributed by atoms with Crippen LogP contribution in [-0.4, -0.2) is 9.55 Å². The molecular weight excluding hydrogens is 198 g/mol. The summed E-state index contributed by atoms with van der Waals surface area (Å²) in [5, 5.41) is 8.75. The molecule has 3 heteroatoms. The molecule has 3 nitrogen and oxygen atoms in total. The summed E-state index contributed by atoms with van der Waals surface area (Å²) in [7, 11) is 0. The first kappa shape index (κ1) is 10.3. The van der Waals surface area contributed by atoms with Crippen LogP contribution in [0.3, 0.4) is 0 Å². The van der Waals surface area contributed by atoms with Gasteiger partial charge in [0.15, 0.2) is 0 Å². The maximum Gasteiger partial charge on any atom is 0.124 e. The molecule has 0 aliphatic heterocycles. The molecule has 0 radical (unpaired) electrons. The molecule has 0 spiro atoms. The van der Waals surface area contributed by atoms with Gasteiger partial charge in [-0.3, -0.25) is 0 Å². The van der Waals surface area contributed by atoms with E-state index in [4.69, 9.17) is 11.7 Å². The zero-order valence-electron chi connectivity index (χ0n) is 8.85. The first-order valence-corrected chi connectivity index (χ1v) is 5.11. The van der Waals surface area contributed by atoms with Crippen LogP contribution in [0, 0.1) is 23.7 Å². The van der Waals surface area contributed by atoms with Gasteiger partial charge in [0, 0.05) is 13.0 Å². The van der Waals surface area contributed by atoms with Crippen molar-refractivity contribution >= 4 is 11.0 Å². The van der Waals surface area contributed by atoms with E-state index in [1.54, 1.807) is 0 Å². The minimum atomic E-state index is 0.319. The highest BCUT2D eigenvalue weighted by Gasteiger charge is 2.08. The second kappa shape index (κ2) is 4.51. The number of terminal acetylenes is 1. The Morgan fingerprint density at radius 1 is 1.38 bits per heavy atom. The van der Waals surface area contributed by atoms with E-state index >= 15 is 0 Å². The Hall–Kier alpha value is -2.26. The number of hydrogen-bond donors (Lipinski definition) is 0. The number of benzene rings is 1. The van der Waals surface area contributed by atoms with Gasteiger partial charge in [0.05, 0.1) is 23.5 Å². The monoisotopic (exact) mass is 209 g/mol. The Labute approximate surface area is 94.3 Å². The van der Waals surface area contributed by atoms with Crippen LogP contribution in [0.25, 0.3) is 11.0 Å². The van der Waals surface area contributed by atoms with E-state index in [9.17, 15) is 0 Å². The number of hydrogen-bond acceptors (Lipinski definition) is 2. The Morgan fingerprint density at radius 2 is 2.19 bits per heavy atom. The lowest BCUT2D eigenvalue weighted by molar-refractivity contribution is 0.703. The first-order chi connectivity index (χ1) is 7.86. The number of aromatic nitrogens is 2. The van der Waals surface area contributed by atoms with Crippen LogP contribution in [0.4, 0.5) is 0 Å². The maximum atomic E-state index is 8.75. The van der Waals surface area contributed by atoms with E-state index in [1.165, 1.54) is 0 Å². The molecule has 1 aromatic carbocycles. The van der Waals surface area contributed by atoms with Crippen molar-refractivity contribution in [2.75, 3.05) is 0 Å². The highest BCUT2D eigenvalue weighted by Crippen LogP contribution is 2.16. The number of fused-ring (bicyclic) bond motifs is 1. The van der Waals surface area contributed by atoms with Crippen molar-refractivity contribution in [3.63, 3.8) is 0 Å². The normalized spacial score (nSPS) is 9.88. The summed E-state index contributed by atoms with van der Waals surface area (Å²) >= 11 is 0. The highest BCUT2D eigenvalue weighted by atomic mass is 15.1. The molecular formula is C13H11N3. The molecule has 0 saturated heterocycles. The fourth-order valence-electron chi connectivity index (χ4n) is 1.76. The molecule has 2 aromatic rings. The van der Waals surface area contributed by atoms with Gasteiger partial charge in [0.1, 0.15) is 5.82 Å². The Kier molecular flexibility index (Phi) is 2.89. The van der Waals surface area contributed by atoms with E-state index in [2.05, 4.69) is 17.0 Å². The fraction of sp³-hybridized carbons (Fsp3) is 0.231. The molecule has 2 rings (SSSR count). The summed E-state index contributed by atoms with van der Waals surface area (Å²) in [4.78, 5) is 4.43.